The summed E-state index contributed by atoms with van der Waals surface area (Å²) in [6.45, 7) is 6.33. The van der Waals surface area contributed by atoms with Crippen LogP contribution < -0.4 is 5.32 Å². The first-order chi connectivity index (χ1) is 7.77. The minimum atomic E-state index is -0.129. The first-order valence-electron chi connectivity index (χ1n) is 6.70. The topological polar surface area (TPSA) is 29.1 Å². The lowest BCUT2D eigenvalue weighted by Crippen LogP contribution is -2.71. The van der Waals surface area contributed by atoms with Crippen molar-refractivity contribution in [2.75, 3.05) is 0 Å². The monoisotopic (exact) mass is 255 g/mol. The summed E-state index contributed by atoms with van der Waals surface area (Å²) in [6.07, 6.45) is 5.96. The summed E-state index contributed by atoms with van der Waals surface area (Å²) < 4.78 is 0. The molecule has 96 valence electrons. The van der Waals surface area contributed by atoms with E-state index < -0.39 is 0 Å². The highest BCUT2D eigenvalue weighted by atomic mass is 35.5. The average Bonchev–Trinajstić information content (AvgIpc) is 2.09. The zero-order chi connectivity index (χ0) is 12.5. The fraction of sp³-hybridized carbons (Fsp3) is 0.929. The van der Waals surface area contributed by atoms with Crippen molar-refractivity contribution in [2.45, 2.75) is 63.8 Å². The van der Waals surface area contributed by atoms with Crippen molar-refractivity contribution < 1.29 is 4.79 Å². The molecule has 0 aromatic carbocycles. The third-order valence-corrected chi connectivity index (χ3v) is 6.23. The Kier molecular flexibility index (Phi) is 2.23. The number of amides is 1. The molecule has 0 aliphatic heterocycles. The van der Waals surface area contributed by atoms with E-state index in [-0.39, 0.29) is 22.2 Å². The summed E-state index contributed by atoms with van der Waals surface area (Å²) in [5, 5.41) is 3.32. The van der Waals surface area contributed by atoms with Crippen LogP contribution >= 0.6 is 11.6 Å². The van der Waals surface area contributed by atoms with Crippen LogP contribution in [0.5, 0.6) is 0 Å². The van der Waals surface area contributed by atoms with Crippen LogP contribution in [-0.2, 0) is 4.79 Å². The number of carbonyl (C=O) groups excluding carboxylic acids is 1. The summed E-state index contributed by atoms with van der Waals surface area (Å²) in [5.74, 6) is 0.833. The van der Waals surface area contributed by atoms with Crippen LogP contribution in [0.2, 0.25) is 0 Å². The van der Waals surface area contributed by atoms with Crippen LogP contribution in [-0.4, -0.2) is 16.8 Å². The lowest BCUT2D eigenvalue weighted by atomic mass is 9.42. The maximum absolute atomic E-state index is 11.5. The molecule has 1 N–H and O–H groups in total. The van der Waals surface area contributed by atoms with E-state index in [4.69, 9.17) is 11.6 Å². The quantitative estimate of drug-likeness (QED) is 0.717. The van der Waals surface area contributed by atoms with Gasteiger partial charge in [0.05, 0.1) is 10.9 Å². The second-order valence-electron chi connectivity index (χ2n) is 7.50. The molecular formula is C14H22ClNO. The number of hydrogen-bond acceptors (Lipinski definition) is 1. The van der Waals surface area contributed by atoms with Crippen LogP contribution in [0.25, 0.3) is 0 Å². The highest BCUT2D eigenvalue weighted by Crippen LogP contribution is 2.67. The standard InChI is InChI=1S/C14H22ClNO/c1-9(17)16-14-6-10-4-12(2,8-14)7-13(3,5-10)11(14)15/h10-11H,4-8H2,1-3H3,(H,16,17). The molecule has 4 aliphatic carbocycles. The molecule has 17 heavy (non-hydrogen) atoms. The highest BCUT2D eigenvalue weighted by molar-refractivity contribution is 6.22. The third-order valence-electron chi connectivity index (χ3n) is 5.28. The molecule has 4 fully saturated rings. The number of nitrogens with one attached hydrogen (secondary N) is 1. The maximum Gasteiger partial charge on any atom is 0.217 e. The molecule has 0 aromatic heterocycles. The minimum absolute atomic E-state index is 0.0739. The first kappa shape index (κ1) is 11.8. The molecule has 0 heterocycles. The molecule has 4 saturated carbocycles. The van der Waals surface area contributed by atoms with Gasteiger partial charge in [0, 0.05) is 6.92 Å². The Balaban J connectivity index is 2.02. The molecule has 4 bridgehead atoms. The number of carbonyl (C=O) groups is 1. The Labute approximate surface area is 108 Å². The van der Waals surface area contributed by atoms with E-state index >= 15 is 0 Å². The minimum Gasteiger partial charge on any atom is -0.349 e. The van der Waals surface area contributed by atoms with Gasteiger partial charge in [0.2, 0.25) is 5.91 Å². The van der Waals surface area contributed by atoms with Gasteiger partial charge in [-0.3, -0.25) is 4.79 Å². The van der Waals surface area contributed by atoms with E-state index in [0.717, 1.165) is 18.8 Å². The molecule has 1 amide bonds. The van der Waals surface area contributed by atoms with E-state index in [9.17, 15) is 4.79 Å². The van der Waals surface area contributed by atoms with E-state index in [0.29, 0.717) is 5.41 Å². The van der Waals surface area contributed by atoms with Gasteiger partial charge in [-0.25, -0.2) is 0 Å². The Morgan fingerprint density at radius 1 is 1.24 bits per heavy atom. The van der Waals surface area contributed by atoms with Crippen LogP contribution in [0.4, 0.5) is 0 Å². The van der Waals surface area contributed by atoms with Gasteiger partial charge < -0.3 is 5.32 Å². The van der Waals surface area contributed by atoms with Crippen molar-refractivity contribution in [1.29, 1.82) is 0 Å². The lowest BCUT2D eigenvalue weighted by Gasteiger charge is -2.67. The highest BCUT2D eigenvalue weighted by Gasteiger charge is 2.65. The van der Waals surface area contributed by atoms with E-state index in [1.54, 1.807) is 6.92 Å². The SMILES string of the molecule is CC(=O)NC12CC3CC(C)(CC(C)(C3)C1Cl)C2. The number of rotatable bonds is 1. The second kappa shape index (κ2) is 3.20. The number of alkyl halides is 1. The van der Waals surface area contributed by atoms with Crippen molar-refractivity contribution in [1.82, 2.24) is 5.32 Å². The Hall–Kier alpha value is -0.240. The molecule has 0 aromatic rings. The van der Waals surface area contributed by atoms with Gasteiger partial charge in [0.25, 0.3) is 0 Å². The van der Waals surface area contributed by atoms with Gasteiger partial charge in [0.15, 0.2) is 0 Å². The average molecular weight is 256 g/mol. The van der Waals surface area contributed by atoms with E-state index in [1.807, 2.05) is 0 Å². The van der Waals surface area contributed by atoms with E-state index in [2.05, 4.69) is 19.2 Å². The van der Waals surface area contributed by atoms with Crippen molar-refractivity contribution in [2.24, 2.45) is 16.7 Å². The molecule has 5 unspecified atom stereocenters. The Morgan fingerprint density at radius 2 is 1.94 bits per heavy atom. The maximum atomic E-state index is 11.5. The Bertz CT molecular complexity index is 384. The van der Waals surface area contributed by atoms with Gasteiger partial charge >= 0.3 is 0 Å². The van der Waals surface area contributed by atoms with Crippen LogP contribution in [0, 0.1) is 16.7 Å². The molecule has 4 aliphatic rings. The molecule has 5 atom stereocenters. The van der Waals surface area contributed by atoms with Gasteiger partial charge in [-0.05, 0) is 48.9 Å². The van der Waals surface area contributed by atoms with Gasteiger partial charge in [-0.15, -0.1) is 11.6 Å². The summed E-state index contributed by atoms with van der Waals surface area (Å²) in [6, 6.07) is 0. The second-order valence-corrected chi connectivity index (χ2v) is 7.93. The predicted octanol–water partition coefficient (Wildman–Crippen LogP) is 3.09. The summed E-state index contributed by atoms with van der Waals surface area (Å²) in [5.41, 5.74) is 0.484. The molecule has 0 radical (unpaired) electrons. The normalized spacial score (nSPS) is 56.0. The lowest BCUT2D eigenvalue weighted by molar-refractivity contribution is -0.136. The van der Waals surface area contributed by atoms with Crippen LogP contribution in [0.15, 0.2) is 0 Å². The number of hydrogen-bond donors (Lipinski definition) is 1. The first-order valence-corrected chi connectivity index (χ1v) is 7.14. The third kappa shape index (κ3) is 1.56. The predicted molar refractivity (Wildman–Crippen MR) is 69.0 cm³/mol. The molecule has 4 rings (SSSR count). The van der Waals surface area contributed by atoms with Gasteiger partial charge in [0.1, 0.15) is 0 Å². The van der Waals surface area contributed by atoms with Crippen LogP contribution in [0.1, 0.15) is 52.9 Å². The van der Waals surface area contributed by atoms with Crippen molar-refractivity contribution in [3.05, 3.63) is 0 Å². The Morgan fingerprint density at radius 3 is 2.53 bits per heavy atom. The fourth-order valence-electron chi connectivity index (χ4n) is 5.74. The zero-order valence-corrected chi connectivity index (χ0v) is 11.7. The molecule has 2 nitrogen and oxygen atoms in total. The summed E-state index contributed by atoms with van der Waals surface area (Å²) >= 11 is 6.76. The van der Waals surface area contributed by atoms with E-state index in [1.165, 1.54) is 19.3 Å². The largest absolute Gasteiger partial charge is 0.349 e. The number of halogens is 1. The van der Waals surface area contributed by atoms with Crippen LogP contribution in [0.3, 0.4) is 0 Å². The molecule has 0 spiro atoms. The fourth-order valence-corrected chi connectivity index (χ4v) is 6.13. The summed E-state index contributed by atoms with van der Waals surface area (Å²) in [4.78, 5) is 11.5. The van der Waals surface area contributed by atoms with Crippen molar-refractivity contribution in [3.63, 3.8) is 0 Å². The smallest absolute Gasteiger partial charge is 0.217 e. The summed E-state index contributed by atoms with van der Waals surface area (Å²) in [7, 11) is 0. The zero-order valence-electron chi connectivity index (χ0n) is 11.0. The molecular weight excluding hydrogens is 234 g/mol. The molecule has 3 heteroatoms. The van der Waals surface area contributed by atoms with Gasteiger partial charge in [-0.1, -0.05) is 13.8 Å². The van der Waals surface area contributed by atoms with Crippen molar-refractivity contribution in [3.8, 4) is 0 Å². The molecule has 0 saturated heterocycles. The van der Waals surface area contributed by atoms with Crippen molar-refractivity contribution >= 4 is 17.5 Å². The van der Waals surface area contributed by atoms with Gasteiger partial charge in [-0.2, -0.15) is 0 Å².